The van der Waals surface area contributed by atoms with Crippen molar-refractivity contribution in [2.24, 2.45) is 5.92 Å². The fraction of sp³-hybridized carbons (Fsp3) is 0.235. The van der Waals surface area contributed by atoms with Gasteiger partial charge in [0.05, 0.1) is 0 Å². The third-order valence-corrected chi connectivity index (χ3v) is 4.00. The molecular weight excluding hydrogens is 272 g/mol. The molecule has 0 aliphatic carbocycles. The van der Waals surface area contributed by atoms with E-state index in [0.717, 1.165) is 16.7 Å². The number of aliphatic carboxylic acids is 1. The highest BCUT2D eigenvalue weighted by molar-refractivity contribution is 6.29. The van der Waals surface area contributed by atoms with Crippen LogP contribution < -0.4 is 0 Å². The Morgan fingerprint density at radius 1 is 1.10 bits per heavy atom. The maximum atomic E-state index is 11.0. The molecule has 0 saturated carbocycles. The Morgan fingerprint density at radius 2 is 1.70 bits per heavy atom. The maximum absolute atomic E-state index is 11.0. The third kappa shape index (κ3) is 3.40. The van der Waals surface area contributed by atoms with Gasteiger partial charge in [0, 0.05) is 0 Å². The van der Waals surface area contributed by atoms with Gasteiger partial charge in [-0.2, -0.15) is 0 Å². The second-order valence-corrected chi connectivity index (χ2v) is 5.41. The molecule has 0 bridgehead atoms. The van der Waals surface area contributed by atoms with E-state index in [9.17, 15) is 4.79 Å². The summed E-state index contributed by atoms with van der Waals surface area (Å²) in [5.74, 6) is -1.09. The Hall–Kier alpha value is -1.80. The third-order valence-electron chi connectivity index (χ3n) is 3.38. The first-order valence-corrected chi connectivity index (χ1v) is 7.03. The van der Waals surface area contributed by atoms with Crippen LogP contribution in [0.1, 0.15) is 12.5 Å². The molecule has 2 aromatic rings. The molecule has 2 rings (SSSR count). The van der Waals surface area contributed by atoms with Gasteiger partial charge < -0.3 is 5.11 Å². The largest absolute Gasteiger partial charge is 0.480 e. The monoisotopic (exact) mass is 288 g/mol. The van der Waals surface area contributed by atoms with Crippen molar-refractivity contribution >= 4 is 17.6 Å². The molecule has 2 unspecified atom stereocenters. The molecule has 0 aliphatic heterocycles. The van der Waals surface area contributed by atoms with Crippen LogP contribution in [-0.2, 0) is 11.2 Å². The summed E-state index contributed by atoms with van der Waals surface area (Å²) in [5.41, 5.74) is 3.39. The summed E-state index contributed by atoms with van der Waals surface area (Å²) in [7, 11) is 0. The number of hydrogen-bond donors (Lipinski definition) is 1. The predicted octanol–water partition coefficient (Wildman–Crippen LogP) is 4.22. The molecule has 0 amide bonds. The normalized spacial score (nSPS) is 13.7. The van der Waals surface area contributed by atoms with Crippen LogP contribution >= 0.6 is 11.6 Å². The molecule has 0 fully saturated rings. The van der Waals surface area contributed by atoms with E-state index in [0.29, 0.717) is 6.42 Å². The standard InChI is InChI=1S/C17H17ClO2/c1-12(16(18)17(19)20)11-14-9-5-6-10-15(14)13-7-3-2-4-8-13/h2-10,12,16H,11H2,1H3,(H,19,20). The molecule has 0 heterocycles. The minimum Gasteiger partial charge on any atom is -0.480 e. The van der Waals surface area contributed by atoms with E-state index in [2.05, 4.69) is 18.2 Å². The molecule has 0 spiro atoms. The molecule has 2 aromatic carbocycles. The number of alkyl halides is 1. The summed E-state index contributed by atoms with van der Waals surface area (Å²) in [6.07, 6.45) is 0.644. The topological polar surface area (TPSA) is 37.3 Å². The Balaban J connectivity index is 2.27. The van der Waals surface area contributed by atoms with Crippen molar-refractivity contribution in [3.05, 3.63) is 60.2 Å². The number of hydrogen-bond acceptors (Lipinski definition) is 1. The lowest BCUT2D eigenvalue weighted by atomic mass is 9.91. The first kappa shape index (κ1) is 14.6. The van der Waals surface area contributed by atoms with Gasteiger partial charge in [0.15, 0.2) is 0 Å². The summed E-state index contributed by atoms with van der Waals surface area (Å²) in [5, 5.41) is 8.12. The summed E-state index contributed by atoms with van der Waals surface area (Å²) < 4.78 is 0. The highest BCUT2D eigenvalue weighted by atomic mass is 35.5. The maximum Gasteiger partial charge on any atom is 0.321 e. The van der Waals surface area contributed by atoms with Gasteiger partial charge in [-0.05, 0) is 29.0 Å². The van der Waals surface area contributed by atoms with E-state index in [1.807, 2.05) is 43.3 Å². The zero-order valence-corrected chi connectivity index (χ0v) is 12.0. The van der Waals surface area contributed by atoms with Crippen LogP contribution in [0.25, 0.3) is 11.1 Å². The number of rotatable bonds is 5. The molecule has 0 aromatic heterocycles. The molecule has 2 atom stereocenters. The van der Waals surface area contributed by atoms with Crippen molar-refractivity contribution in [3.63, 3.8) is 0 Å². The molecule has 0 saturated heterocycles. The number of carbonyl (C=O) groups is 1. The van der Waals surface area contributed by atoms with Gasteiger partial charge in [0.1, 0.15) is 5.38 Å². The van der Waals surface area contributed by atoms with Crippen molar-refractivity contribution in [3.8, 4) is 11.1 Å². The fourth-order valence-corrected chi connectivity index (χ4v) is 2.38. The van der Waals surface area contributed by atoms with Gasteiger partial charge >= 0.3 is 5.97 Å². The lowest BCUT2D eigenvalue weighted by Crippen LogP contribution is -2.23. The number of carboxylic acid groups (broad SMARTS) is 1. The van der Waals surface area contributed by atoms with Crippen LogP contribution in [0, 0.1) is 5.92 Å². The second kappa shape index (κ2) is 6.58. The van der Waals surface area contributed by atoms with E-state index in [-0.39, 0.29) is 5.92 Å². The highest BCUT2D eigenvalue weighted by Gasteiger charge is 2.22. The summed E-state index contributed by atoms with van der Waals surface area (Å²) in [6, 6.07) is 18.1. The van der Waals surface area contributed by atoms with Gasteiger partial charge in [-0.3, -0.25) is 4.79 Å². The predicted molar refractivity (Wildman–Crippen MR) is 82.0 cm³/mol. The molecule has 104 valence electrons. The summed E-state index contributed by atoms with van der Waals surface area (Å²) >= 11 is 5.91. The van der Waals surface area contributed by atoms with Crippen LogP contribution in [0.3, 0.4) is 0 Å². The Labute approximate surface area is 124 Å². The van der Waals surface area contributed by atoms with Crippen molar-refractivity contribution in [1.29, 1.82) is 0 Å². The lowest BCUT2D eigenvalue weighted by molar-refractivity contribution is -0.137. The molecule has 0 radical (unpaired) electrons. The molecule has 3 heteroatoms. The number of halogens is 1. The molecule has 1 N–H and O–H groups in total. The highest BCUT2D eigenvalue weighted by Crippen LogP contribution is 2.27. The van der Waals surface area contributed by atoms with Gasteiger partial charge in [-0.1, -0.05) is 61.5 Å². The minimum atomic E-state index is -0.962. The van der Waals surface area contributed by atoms with E-state index < -0.39 is 11.3 Å². The van der Waals surface area contributed by atoms with Crippen LogP contribution in [0.4, 0.5) is 0 Å². The zero-order chi connectivity index (χ0) is 14.5. The average molecular weight is 289 g/mol. The minimum absolute atomic E-state index is 0.126. The summed E-state index contributed by atoms with van der Waals surface area (Å²) in [4.78, 5) is 11.0. The molecule has 2 nitrogen and oxygen atoms in total. The molecular formula is C17H17ClO2. The quantitative estimate of drug-likeness (QED) is 0.836. The first-order valence-electron chi connectivity index (χ1n) is 6.60. The SMILES string of the molecule is CC(Cc1ccccc1-c1ccccc1)C(Cl)C(=O)O. The smallest absolute Gasteiger partial charge is 0.321 e. The molecule has 0 aliphatic rings. The Bertz CT molecular complexity index is 581. The van der Waals surface area contributed by atoms with Gasteiger partial charge in [-0.15, -0.1) is 11.6 Å². The lowest BCUT2D eigenvalue weighted by Gasteiger charge is -2.17. The first-order chi connectivity index (χ1) is 9.59. The number of carboxylic acids is 1. The Morgan fingerprint density at radius 3 is 2.35 bits per heavy atom. The van der Waals surface area contributed by atoms with E-state index in [1.165, 1.54) is 0 Å². The van der Waals surface area contributed by atoms with Gasteiger partial charge in [0.25, 0.3) is 0 Å². The van der Waals surface area contributed by atoms with E-state index in [4.69, 9.17) is 16.7 Å². The van der Waals surface area contributed by atoms with Crippen molar-refractivity contribution < 1.29 is 9.90 Å². The van der Waals surface area contributed by atoms with Crippen molar-refractivity contribution in [2.75, 3.05) is 0 Å². The molecule has 20 heavy (non-hydrogen) atoms. The number of benzene rings is 2. The fourth-order valence-electron chi connectivity index (χ4n) is 2.29. The summed E-state index contributed by atoms with van der Waals surface area (Å²) in [6.45, 7) is 1.87. The van der Waals surface area contributed by atoms with E-state index >= 15 is 0 Å². The average Bonchev–Trinajstić information content (AvgIpc) is 2.47. The Kier molecular flexibility index (Phi) is 4.80. The van der Waals surface area contributed by atoms with Crippen molar-refractivity contribution in [2.45, 2.75) is 18.7 Å². The van der Waals surface area contributed by atoms with Gasteiger partial charge in [0.2, 0.25) is 0 Å². The zero-order valence-electron chi connectivity index (χ0n) is 11.3. The van der Waals surface area contributed by atoms with Crippen molar-refractivity contribution in [1.82, 2.24) is 0 Å². The van der Waals surface area contributed by atoms with E-state index in [1.54, 1.807) is 0 Å². The van der Waals surface area contributed by atoms with Crippen LogP contribution in [0.2, 0.25) is 0 Å². The van der Waals surface area contributed by atoms with Crippen LogP contribution in [0.5, 0.6) is 0 Å². The second-order valence-electron chi connectivity index (χ2n) is 4.94. The van der Waals surface area contributed by atoms with Crippen LogP contribution in [-0.4, -0.2) is 16.5 Å². The van der Waals surface area contributed by atoms with Gasteiger partial charge in [-0.25, -0.2) is 0 Å². The van der Waals surface area contributed by atoms with Crippen LogP contribution in [0.15, 0.2) is 54.6 Å².